The minimum Gasteiger partial charge on any atom is -0.369 e. The molecular weight excluding hydrogens is 388 g/mol. The molecule has 2 heterocycles. The number of carbonyl (C=O) groups excluding carboxylic acids is 3. The van der Waals surface area contributed by atoms with Gasteiger partial charge in [0.1, 0.15) is 10.6 Å². The van der Waals surface area contributed by atoms with Crippen molar-refractivity contribution in [2.75, 3.05) is 13.1 Å². The van der Waals surface area contributed by atoms with Gasteiger partial charge in [-0.1, -0.05) is 12.1 Å². The zero-order valence-corrected chi connectivity index (χ0v) is 17.0. The molecule has 1 aromatic heterocycles. The number of rotatable bonds is 7. The normalized spacial score (nSPS) is 19.8. The molecule has 28 heavy (non-hydrogen) atoms. The summed E-state index contributed by atoms with van der Waals surface area (Å²) < 4.78 is 31.8. The summed E-state index contributed by atoms with van der Waals surface area (Å²) in [6, 6.07) is -0.763. The van der Waals surface area contributed by atoms with Crippen LogP contribution >= 0.6 is 0 Å². The van der Waals surface area contributed by atoms with Gasteiger partial charge in [0.2, 0.25) is 21.8 Å². The number of nitrogens with two attached hydrogens (primary N) is 1. The summed E-state index contributed by atoms with van der Waals surface area (Å²) in [5.41, 5.74) is 5.41. The lowest BCUT2D eigenvalue weighted by Gasteiger charge is -2.19. The highest BCUT2D eigenvalue weighted by molar-refractivity contribution is 7.89. The van der Waals surface area contributed by atoms with Gasteiger partial charge in [-0.2, -0.15) is 4.31 Å². The quantitative estimate of drug-likeness (QED) is 0.638. The Morgan fingerprint density at radius 2 is 2.07 bits per heavy atom. The Morgan fingerprint density at radius 1 is 1.39 bits per heavy atom. The Morgan fingerprint density at radius 3 is 2.64 bits per heavy atom. The lowest BCUT2D eigenvalue weighted by Crippen LogP contribution is -2.44. The molecule has 1 aromatic rings. The van der Waals surface area contributed by atoms with Crippen LogP contribution in [0.25, 0.3) is 0 Å². The maximum atomic E-state index is 12.9. The zero-order chi connectivity index (χ0) is 21.1. The summed E-state index contributed by atoms with van der Waals surface area (Å²) in [7, 11) is -3.93. The first-order valence-corrected chi connectivity index (χ1v) is 10.5. The van der Waals surface area contributed by atoms with E-state index in [4.69, 9.17) is 10.3 Å². The number of primary amides is 1. The number of amides is 2. The number of ketones is 1. The SMILES string of the molecule is Cc1noc(C)c1S(=O)(=O)N1CCC[C@H](NC(=O)CCC(C)C(N)=O)C(=O)C1. The van der Waals surface area contributed by atoms with E-state index in [0.29, 0.717) is 12.8 Å². The first-order chi connectivity index (χ1) is 13.0. The van der Waals surface area contributed by atoms with Gasteiger partial charge < -0.3 is 15.6 Å². The fourth-order valence-electron chi connectivity index (χ4n) is 3.08. The molecule has 3 N–H and O–H groups in total. The summed E-state index contributed by atoms with van der Waals surface area (Å²) in [4.78, 5) is 35.7. The van der Waals surface area contributed by atoms with Crippen LogP contribution in [0.3, 0.4) is 0 Å². The molecular formula is C17H26N4O6S. The van der Waals surface area contributed by atoms with Crippen molar-refractivity contribution in [3.05, 3.63) is 11.5 Å². The Hall–Kier alpha value is -2.27. The Balaban J connectivity index is 2.03. The van der Waals surface area contributed by atoms with Gasteiger partial charge in [0.25, 0.3) is 0 Å². The fraction of sp³-hybridized carbons (Fsp3) is 0.647. The predicted octanol–water partition coefficient (Wildman–Crippen LogP) is 0.0314. The number of Topliss-reactive ketones (excluding diaryl/α,β-unsaturated/α-hetero) is 1. The molecule has 1 fully saturated rings. The van der Waals surface area contributed by atoms with Crippen LogP contribution in [0.5, 0.6) is 0 Å². The van der Waals surface area contributed by atoms with Gasteiger partial charge in [-0.25, -0.2) is 8.42 Å². The van der Waals surface area contributed by atoms with E-state index in [0.717, 1.165) is 4.31 Å². The summed E-state index contributed by atoms with van der Waals surface area (Å²) in [5.74, 6) is -1.51. The van der Waals surface area contributed by atoms with Crippen molar-refractivity contribution < 1.29 is 27.3 Å². The molecule has 0 spiro atoms. The average Bonchev–Trinajstić information content (AvgIpc) is 2.84. The monoisotopic (exact) mass is 414 g/mol. The van der Waals surface area contributed by atoms with Crippen LogP contribution in [0.15, 0.2) is 9.42 Å². The third-order valence-electron chi connectivity index (χ3n) is 4.81. The van der Waals surface area contributed by atoms with Crippen molar-refractivity contribution in [3.63, 3.8) is 0 Å². The molecule has 1 saturated heterocycles. The van der Waals surface area contributed by atoms with E-state index in [-0.39, 0.29) is 54.0 Å². The highest BCUT2D eigenvalue weighted by Crippen LogP contribution is 2.25. The van der Waals surface area contributed by atoms with Gasteiger partial charge in [0.05, 0.1) is 12.6 Å². The first kappa shape index (κ1) is 22.0. The number of aromatic nitrogens is 1. The van der Waals surface area contributed by atoms with Crippen molar-refractivity contribution in [1.29, 1.82) is 0 Å². The lowest BCUT2D eigenvalue weighted by atomic mass is 10.0. The fourth-order valence-corrected chi connectivity index (χ4v) is 4.82. The molecule has 1 aliphatic heterocycles. The molecule has 0 aliphatic carbocycles. The number of hydrogen-bond donors (Lipinski definition) is 2. The van der Waals surface area contributed by atoms with Crippen LogP contribution in [0.4, 0.5) is 0 Å². The molecule has 1 unspecified atom stereocenters. The van der Waals surface area contributed by atoms with Crippen LogP contribution in [0.2, 0.25) is 0 Å². The van der Waals surface area contributed by atoms with Crippen molar-refractivity contribution in [1.82, 2.24) is 14.8 Å². The largest absolute Gasteiger partial charge is 0.369 e. The maximum absolute atomic E-state index is 12.9. The number of nitrogens with one attached hydrogen (secondary N) is 1. The molecule has 0 bridgehead atoms. The van der Waals surface area contributed by atoms with Gasteiger partial charge in [-0.05, 0) is 33.1 Å². The summed E-state index contributed by atoms with van der Waals surface area (Å²) in [5, 5.41) is 6.30. The lowest BCUT2D eigenvalue weighted by molar-refractivity contribution is -0.128. The molecule has 0 saturated carbocycles. The molecule has 11 heteroatoms. The molecule has 0 aromatic carbocycles. The third-order valence-corrected chi connectivity index (χ3v) is 6.90. The van der Waals surface area contributed by atoms with Gasteiger partial charge in [0, 0.05) is 18.9 Å². The van der Waals surface area contributed by atoms with Crippen molar-refractivity contribution in [2.24, 2.45) is 11.7 Å². The number of hydrogen-bond acceptors (Lipinski definition) is 7. The van der Waals surface area contributed by atoms with E-state index < -0.39 is 27.9 Å². The molecule has 0 radical (unpaired) electrons. The standard InChI is InChI=1S/C17H26N4O6S/c1-10(17(18)24)6-7-15(23)19-13-5-4-8-21(9-14(13)22)28(25,26)16-11(2)20-27-12(16)3/h10,13H,4-9H2,1-3H3,(H2,18,24)(H,19,23)/t10?,13-/m0/s1. The van der Waals surface area contributed by atoms with Crippen molar-refractivity contribution >= 4 is 27.6 Å². The Labute approximate surface area is 163 Å². The molecule has 156 valence electrons. The van der Waals surface area contributed by atoms with Crippen LogP contribution in [-0.2, 0) is 24.4 Å². The minimum absolute atomic E-state index is 0.0248. The summed E-state index contributed by atoms with van der Waals surface area (Å²) in [6.45, 7) is 4.48. The van der Waals surface area contributed by atoms with E-state index in [2.05, 4.69) is 10.5 Å². The number of nitrogens with zero attached hydrogens (tertiary/aromatic N) is 2. The minimum atomic E-state index is -3.93. The zero-order valence-electron chi connectivity index (χ0n) is 16.2. The highest BCUT2D eigenvalue weighted by Gasteiger charge is 2.36. The molecule has 1 aliphatic rings. The topological polar surface area (TPSA) is 153 Å². The van der Waals surface area contributed by atoms with E-state index >= 15 is 0 Å². The van der Waals surface area contributed by atoms with E-state index in [9.17, 15) is 22.8 Å². The summed E-state index contributed by atoms with van der Waals surface area (Å²) >= 11 is 0. The van der Waals surface area contributed by atoms with Gasteiger partial charge in [-0.3, -0.25) is 14.4 Å². The first-order valence-electron chi connectivity index (χ1n) is 9.08. The predicted molar refractivity (Wildman–Crippen MR) is 98.5 cm³/mol. The van der Waals surface area contributed by atoms with Crippen LogP contribution < -0.4 is 11.1 Å². The summed E-state index contributed by atoms with van der Waals surface area (Å²) in [6.07, 6.45) is 1.10. The van der Waals surface area contributed by atoms with Gasteiger partial charge in [-0.15, -0.1) is 0 Å². The van der Waals surface area contributed by atoms with Crippen LogP contribution in [0, 0.1) is 19.8 Å². The van der Waals surface area contributed by atoms with Crippen LogP contribution in [0.1, 0.15) is 44.1 Å². The van der Waals surface area contributed by atoms with E-state index in [1.165, 1.54) is 13.8 Å². The molecule has 2 amide bonds. The maximum Gasteiger partial charge on any atom is 0.248 e. The van der Waals surface area contributed by atoms with E-state index in [1.807, 2.05) is 0 Å². The number of aryl methyl sites for hydroxylation is 2. The smallest absolute Gasteiger partial charge is 0.248 e. The second kappa shape index (κ2) is 8.82. The van der Waals surface area contributed by atoms with Gasteiger partial charge >= 0.3 is 0 Å². The highest BCUT2D eigenvalue weighted by atomic mass is 32.2. The van der Waals surface area contributed by atoms with Crippen molar-refractivity contribution in [2.45, 2.75) is 57.4 Å². The van der Waals surface area contributed by atoms with Gasteiger partial charge in [0.15, 0.2) is 11.5 Å². The Kier molecular flexibility index (Phi) is 6.94. The second-order valence-corrected chi connectivity index (χ2v) is 8.94. The van der Waals surface area contributed by atoms with E-state index in [1.54, 1.807) is 6.92 Å². The molecule has 2 atom stereocenters. The molecule has 2 rings (SSSR count). The third kappa shape index (κ3) is 4.96. The molecule has 10 nitrogen and oxygen atoms in total. The number of carbonyl (C=O) groups is 3. The van der Waals surface area contributed by atoms with Crippen LogP contribution in [-0.4, -0.2) is 54.6 Å². The Bertz CT molecular complexity index is 843. The average molecular weight is 414 g/mol. The number of sulfonamides is 1. The second-order valence-electron chi connectivity index (χ2n) is 7.06. The van der Waals surface area contributed by atoms with Crippen molar-refractivity contribution in [3.8, 4) is 0 Å².